The number of hydrogen-bond acceptors (Lipinski definition) is 5. The molecule has 0 fully saturated rings. The number of rotatable bonds is 5. The van der Waals surface area contributed by atoms with Crippen molar-refractivity contribution >= 4 is 22.9 Å². The number of aromatic hydroxyl groups is 1. The molecule has 2 N–H and O–H groups in total. The zero-order valence-corrected chi connectivity index (χ0v) is 14.8. The Hall–Kier alpha value is -4.12. The molecular weight excluding hydrogens is 356 g/mol. The quantitative estimate of drug-likeness (QED) is 0.559. The lowest BCUT2D eigenvalue weighted by molar-refractivity contribution is -0.117. The van der Waals surface area contributed by atoms with Gasteiger partial charge in [0.15, 0.2) is 0 Å². The fourth-order valence-electron chi connectivity index (χ4n) is 2.94. The third kappa shape index (κ3) is 3.54. The number of nitriles is 1. The second-order valence-electron chi connectivity index (χ2n) is 6.26. The second-order valence-corrected chi connectivity index (χ2v) is 6.26. The summed E-state index contributed by atoms with van der Waals surface area (Å²) < 4.78 is 3.39. The number of fused-ring (bicyclic) bond motifs is 1. The third-order valence-electron chi connectivity index (χ3n) is 4.27. The van der Waals surface area contributed by atoms with E-state index in [1.54, 1.807) is 54.9 Å². The van der Waals surface area contributed by atoms with Crippen LogP contribution in [-0.2, 0) is 17.9 Å². The number of nitrogens with zero attached hydrogens (tertiary/aromatic N) is 5. The Morgan fingerprint density at radius 3 is 2.75 bits per heavy atom. The molecule has 0 aliphatic carbocycles. The first kappa shape index (κ1) is 17.3. The van der Waals surface area contributed by atoms with Crippen LogP contribution in [0.2, 0.25) is 0 Å². The minimum atomic E-state index is -0.258. The van der Waals surface area contributed by atoms with Gasteiger partial charge in [-0.2, -0.15) is 10.4 Å². The first-order valence-corrected chi connectivity index (χ1v) is 8.58. The van der Waals surface area contributed by atoms with Gasteiger partial charge in [-0.25, -0.2) is 4.98 Å². The molecule has 2 aromatic carbocycles. The van der Waals surface area contributed by atoms with E-state index in [1.807, 2.05) is 10.6 Å². The highest BCUT2D eigenvalue weighted by Gasteiger charge is 2.15. The summed E-state index contributed by atoms with van der Waals surface area (Å²) in [5.41, 5.74) is 2.84. The molecular formula is C20H16N6O2. The standard InChI is InChI=1S/C20H16N6O2/c21-11-15-4-7-18-17(10-15)23-20(24-19(28)13-25-9-1-8-22-25)26(18)12-14-2-5-16(27)6-3-14/h1-10,27H,12-13H2,(H,23,24,28). The van der Waals surface area contributed by atoms with Crippen LogP contribution in [0.4, 0.5) is 5.95 Å². The lowest BCUT2D eigenvalue weighted by atomic mass is 10.2. The van der Waals surface area contributed by atoms with Crippen LogP contribution >= 0.6 is 0 Å². The van der Waals surface area contributed by atoms with Crippen LogP contribution in [0.5, 0.6) is 5.75 Å². The van der Waals surface area contributed by atoms with Crippen molar-refractivity contribution in [3.63, 3.8) is 0 Å². The summed E-state index contributed by atoms with van der Waals surface area (Å²) in [7, 11) is 0. The number of amides is 1. The van der Waals surface area contributed by atoms with Gasteiger partial charge >= 0.3 is 0 Å². The van der Waals surface area contributed by atoms with Crippen molar-refractivity contribution in [3.05, 3.63) is 72.1 Å². The molecule has 0 unspecified atom stereocenters. The van der Waals surface area contributed by atoms with Crippen LogP contribution in [0.15, 0.2) is 60.9 Å². The van der Waals surface area contributed by atoms with Gasteiger partial charge in [0.1, 0.15) is 12.3 Å². The van der Waals surface area contributed by atoms with Gasteiger partial charge in [-0.1, -0.05) is 12.1 Å². The van der Waals surface area contributed by atoms with E-state index in [-0.39, 0.29) is 18.2 Å². The lowest BCUT2D eigenvalue weighted by Crippen LogP contribution is -2.21. The largest absolute Gasteiger partial charge is 0.508 e. The zero-order chi connectivity index (χ0) is 19.5. The molecule has 138 valence electrons. The first-order valence-electron chi connectivity index (χ1n) is 8.58. The maximum absolute atomic E-state index is 12.4. The zero-order valence-electron chi connectivity index (χ0n) is 14.8. The predicted molar refractivity (Wildman–Crippen MR) is 103 cm³/mol. The SMILES string of the molecule is N#Cc1ccc2c(c1)nc(NC(=O)Cn1cccn1)n2Cc1ccc(O)cc1. The summed E-state index contributed by atoms with van der Waals surface area (Å²) >= 11 is 0. The summed E-state index contributed by atoms with van der Waals surface area (Å²) in [6.07, 6.45) is 3.31. The molecule has 2 aromatic heterocycles. The van der Waals surface area contributed by atoms with Gasteiger partial charge in [0.25, 0.3) is 0 Å². The van der Waals surface area contributed by atoms with Crippen molar-refractivity contribution < 1.29 is 9.90 Å². The Morgan fingerprint density at radius 2 is 2.04 bits per heavy atom. The monoisotopic (exact) mass is 372 g/mol. The number of phenolic OH excluding ortho intramolecular Hbond substituents is 1. The highest BCUT2D eigenvalue weighted by atomic mass is 16.3. The Bertz CT molecular complexity index is 1170. The Morgan fingerprint density at radius 1 is 1.21 bits per heavy atom. The second kappa shape index (κ2) is 7.25. The van der Waals surface area contributed by atoms with Crippen molar-refractivity contribution in [1.29, 1.82) is 5.26 Å². The van der Waals surface area contributed by atoms with E-state index in [4.69, 9.17) is 5.26 Å². The van der Waals surface area contributed by atoms with Crippen molar-refractivity contribution in [2.45, 2.75) is 13.1 Å². The normalized spacial score (nSPS) is 10.7. The molecule has 4 aromatic rings. The lowest BCUT2D eigenvalue weighted by Gasteiger charge is -2.11. The van der Waals surface area contributed by atoms with E-state index in [0.717, 1.165) is 11.1 Å². The molecule has 4 rings (SSSR count). The highest BCUT2D eigenvalue weighted by Crippen LogP contribution is 2.23. The Balaban J connectivity index is 1.69. The number of phenols is 1. The maximum atomic E-state index is 12.4. The Labute approximate surface area is 160 Å². The smallest absolute Gasteiger partial charge is 0.248 e. The van der Waals surface area contributed by atoms with Gasteiger partial charge in [0.05, 0.1) is 29.2 Å². The number of hydrogen-bond donors (Lipinski definition) is 2. The van der Waals surface area contributed by atoms with Crippen LogP contribution in [0, 0.1) is 11.3 Å². The van der Waals surface area contributed by atoms with E-state index in [2.05, 4.69) is 21.5 Å². The number of carbonyl (C=O) groups is 1. The van der Waals surface area contributed by atoms with Crippen molar-refractivity contribution in [2.75, 3.05) is 5.32 Å². The molecule has 0 bridgehead atoms. The number of carbonyl (C=O) groups excluding carboxylic acids is 1. The van der Waals surface area contributed by atoms with Crippen LogP contribution in [0.1, 0.15) is 11.1 Å². The van der Waals surface area contributed by atoms with Crippen LogP contribution in [-0.4, -0.2) is 30.3 Å². The number of benzene rings is 2. The number of nitrogens with one attached hydrogen (secondary N) is 1. The topological polar surface area (TPSA) is 109 Å². The van der Waals surface area contributed by atoms with Gasteiger partial charge in [0, 0.05) is 12.4 Å². The van der Waals surface area contributed by atoms with Crippen LogP contribution < -0.4 is 5.32 Å². The van der Waals surface area contributed by atoms with E-state index >= 15 is 0 Å². The van der Waals surface area contributed by atoms with Crippen LogP contribution in [0.3, 0.4) is 0 Å². The van der Waals surface area contributed by atoms with E-state index in [0.29, 0.717) is 23.6 Å². The summed E-state index contributed by atoms with van der Waals surface area (Å²) in [5.74, 6) is 0.312. The van der Waals surface area contributed by atoms with E-state index in [1.165, 1.54) is 4.68 Å². The number of aromatic nitrogens is 4. The molecule has 8 nitrogen and oxygen atoms in total. The molecule has 0 saturated heterocycles. The average molecular weight is 372 g/mol. The molecule has 0 aliphatic rings. The van der Waals surface area contributed by atoms with Crippen molar-refractivity contribution in [2.24, 2.45) is 0 Å². The summed E-state index contributed by atoms with van der Waals surface area (Å²) in [4.78, 5) is 16.9. The first-order chi connectivity index (χ1) is 13.6. The summed E-state index contributed by atoms with van der Waals surface area (Å²) in [5, 5.41) is 25.5. The summed E-state index contributed by atoms with van der Waals surface area (Å²) in [6.45, 7) is 0.513. The molecule has 0 aliphatic heterocycles. The van der Waals surface area contributed by atoms with E-state index < -0.39 is 0 Å². The molecule has 28 heavy (non-hydrogen) atoms. The van der Waals surface area contributed by atoms with Gasteiger partial charge in [-0.3, -0.25) is 14.8 Å². The maximum Gasteiger partial charge on any atom is 0.248 e. The average Bonchev–Trinajstić information content (AvgIpc) is 3.31. The van der Waals surface area contributed by atoms with Crippen molar-refractivity contribution in [3.8, 4) is 11.8 Å². The fraction of sp³-hybridized carbons (Fsp3) is 0.100. The van der Waals surface area contributed by atoms with Gasteiger partial charge in [0.2, 0.25) is 11.9 Å². The molecule has 0 saturated carbocycles. The number of imidazole rings is 1. The molecule has 1 amide bonds. The minimum absolute atomic E-state index is 0.0683. The van der Waals surface area contributed by atoms with Crippen LogP contribution in [0.25, 0.3) is 11.0 Å². The molecule has 0 radical (unpaired) electrons. The summed E-state index contributed by atoms with van der Waals surface area (Å²) in [6, 6.07) is 15.9. The minimum Gasteiger partial charge on any atom is -0.508 e. The molecule has 0 atom stereocenters. The van der Waals surface area contributed by atoms with Crippen molar-refractivity contribution in [1.82, 2.24) is 19.3 Å². The third-order valence-corrected chi connectivity index (χ3v) is 4.27. The predicted octanol–water partition coefficient (Wildman–Crippen LogP) is 2.50. The Kier molecular flexibility index (Phi) is 4.48. The number of anilines is 1. The fourth-order valence-corrected chi connectivity index (χ4v) is 2.94. The highest BCUT2D eigenvalue weighted by molar-refractivity contribution is 5.91. The van der Waals surface area contributed by atoms with Gasteiger partial charge < -0.3 is 9.67 Å². The molecule has 8 heteroatoms. The van der Waals surface area contributed by atoms with E-state index in [9.17, 15) is 9.90 Å². The molecule has 0 spiro atoms. The molecule has 2 heterocycles. The van der Waals surface area contributed by atoms with Gasteiger partial charge in [-0.05, 0) is 42.0 Å². The van der Waals surface area contributed by atoms with Gasteiger partial charge in [-0.15, -0.1) is 0 Å².